The molecule has 0 saturated carbocycles. The van der Waals surface area contributed by atoms with E-state index in [9.17, 15) is 14.7 Å². The minimum absolute atomic E-state index is 0.0560. The van der Waals surface area contributed by atoms with Gasteiger partial charge in [0.15, 0.2) is 4.80 Å². The zero-order valence-electron chi connectivity index (χ0n) is 20.6. The van der Waals surface area contributed by atoms with Gasteiger partial charge in [-0.1, -0.05) is 69.7 Å². The van der Waals surface area contributed by atoms with Crippen LogP contribution >= 0.6 is 39.0 Å². The van der Waals surface area contributed by atoms with Crippen LogP contribution in [-0.2, 0) is 9.53 Å². The maximum Gasteiger partial charge on any atom is 0.338 e. The lowest BCUT2D eigenvalue weighted by Crippen LogP contribution is -2.40. The monoisotopic (exact) mass is 606 g/mol. The Morgan fingerprint density at radius 1 is 1.16 bits per heavy atom. The van der Waals surface area contributed by atoms with Crippen molar-refractivity contribution in [3.8, 4) is 5.75 Å². The van der Waals surface area contributed by atoms with Crippen LogP contribution in [0.4, 0.5) is 0 Å². The van der Waals surface area contributed by atoms with Crippen LogP contribution in [0.15, 0.2) is 97.5 Å². The third-order valence-electron chi connectivity index (χ3n) is 6.08. The van der Waals surface area contributed by atoms with E-state index in [1.165, 1.54) is 11.3 Å². The number of carbonyl (C=O) groups excluding carboxylic acids is 1. The first-order chi connectivity index (χ1) is 18.4. The number of hydrogen-bond donors (Lipinski definition) is 1. The molecule has 0 unspecified atom stereocenters. The number of thiazole rings is 1. The van der Waals surface area contributed by atoms with Gasteiger partial charge in [-0.15, -0.1) is 11.8 Å². The Morgan fingerprint density at radius 2 is 1.89 bits per heavy atom. The van der Waals surface area contributed by atoms with Crippen molar-refractivity contribution in [2.45, 2.75) is 17.9 Å². The van der Waals surface area contributed by atoms with Crippen LogP contribution in [0.5, 0.6) is 5.75 Å². The number of nitrogens with zero attached hydrogens (tertiary/aromatic N) is 2. The molecule has 0 bridgehead atoms. The largest absolute Gasteiger partial charge is 0.507 e. The van der Waals surface area contributed by atoms with E-state index in [2.05, 4.69) is 15.9 Å². The summed E-state index contributed by atoms with van der Waals surface area (Å²) in [7, 11) is 0. The molecule has 0 spiro atoms. The Bertz CT molecular complexity index is 1730. The van der Waals surface area contributed by atoms with Gasteiger partial charge in [0, 0.05) is 20.5 Å². The Balaban J connectivity index is 1.83. The van der Waals surface area contributed by atoms with Crippen LogP contribution in [0.1, 0.15) is 29.7 Å². The van der Waals surface area contributed by atoms with E-state index in [1.54, 1.807) is 47.5 Å². The summed E-state index contributed by atoms with van der Waals surface area (Å²) in [5, 5.41) is 10.4. The lowest BCUT2D eigenvalue weighted by molar-refractivity contribution is -0.138. The molecule has 0 fully saturated rings. The average Bonchev–Trinajstić information content (AvgIpc) is 3.25. The first kappa shape index (κ1) is 26.2. The van der Waals surface area contributed by atoms with Gasteiger partial charge < -0.3 is 9.84 Å². The molecule has 0 aliphatic carbocycles. The molecule has 0 amide bonds. The van der Waals surface area contributed by atoms with Crippen LogP contribution in [0.3, 0.4) is 0 Å². The molecule has 0 saturated heterocycles. The molecule has 0 radical (unpaired) electrons. The minimum atomic E-state index is -0.741. The van der Waals surface area contributed by atoms with Crippen LogP contribution in [0.2, 0.25) is 0 Å². The summed E-state index contributed by atoms with van der Waals surface area (Å²) in [5.41, 5.74) is 2.50. The maximum absolute atomic E-state index is 13.9. The van der Waals surface area contributed by atoms with Crippen molar-refractivity contribution in [2.75, 3.05) is 12.9 Å². The molecule has 192 valence electrons. The number of hydrogen-bond acceptors (Lipinski definition) is 7. The zero-order chi connectivity index (χ0) is 26.8. The van der Waals surface area contributed by atoms with Gasteiger partial charge in [-0.3, -0.25) is 9.36 Å². The summed E-state index contributed by atoms with van der Waals surface area (Å²) < 4.78 is 8.22. The van der Waals surface area contributed by atoms with Gasteiger partial charge in [-0.25, -0.2) is 9.79 Å². The van der Waals surface area contributed by atoms with Gasteiger partial charge >= 0.3 is 5.97 Å². The number of phenolic OH excluding ortho intramolecular Hbond substituents is 1. The lowest BCUT2D eigenvalue weighted by atomic mass is 9.93. The molecule has 5 rings (SSSR count). The molecule has 1 aliphatic rings. The smallest absolute Gasteiger partial charge is 0.338 e. The van der Waals surface area contributed by atoms with Crippen LogP contribution in [-0.4, -0.2) is 28.5 Å². The highest BCUT2D eigenvalue weighted by Crippen LogP contribution is 2.35. The second-order valence-electron chi connectivity index (χ2n) is 8.41. The molecular weight excluding hydrogens is 584 g/mol. The van der Waals surface area contributed by atoms with E-state index < -0.39 is 12.0 Å². The number of aromatic hydroxyl groups is 1. The molecule has 1 atom stereocenters. The summed E-state index contributed by atoms with van der Waals surface area (Å²) in [5.74, 6) is -0.464. The van der Waals surface area contributed by atoms with Gasteiger partial charge in [0.2, 0.25) is 0 Å². The van der Waals surface area contributed by atoms with Crippen molar-refractivity contribution in [1.29, 1.82) is 0 Å². The highest BCUT2D eigenvalue weighted by Gasteiger charge is 2.35. The fraction of sp³-hybridized carbons (Fsp3) is 0.138. The number of aromatic nitrogens is 1. The zero-order valence-corrected chi connectivity index (χ0v) is 23.8. The Kier molecular flexibility index (Phi) is 7.69. The lowest BCUT2D eigenvalue weighted by Gasteiger charge is -2.26. The predicted molar refractivity (Wildman–Crippen MR) is 155 cm³/mol. The van der Waals surface area contributed by atoms with Gasteiger partial charge in [0.1, 0.15) is 5.75 Å². The van der Waals surface area contributed by atoms with Gasteiger partial charge in [-0.2, -0.15) is 0 Å². The summed E-state index contributed by atoms with van der Waals surface area (Å²) in [6, 6.07) is 21.5. The quantitative estimate of drug-likeness (QED) is 0.243. The molecule has 1 aliphatic heterocycles. The molecule has 2 heterocycles. The predicted octanol–water partition coefficient (Wildman–Crippen LogP) is 5.13. The molecule has 1 N–H and O–H groups in total. The van der Waals surface area contributed by atoms with Crippen molar-refractivity contribution in [3.63, 3.8) is 0 Å². The molecule has 1 aromatic heterocycles. The Hall–Kier alpha value is -3.40. The molecular formula is C29H23BrN2O4S2. The van der Waals surface area contributed by atoms with Gasteiger partial charge in [0.05, 0.1) is 28.5 Å². The standard InChI is InChI=1S/C29H23BrN2O4S2/c1-3-36-28(35)24-25(17-7-5-4-6-8-17)31-29-32(26(24)18-9-12-21(37-2)13-10-18)27(34)23(38-29)16-19-15-20(30)11-14-22(19)33/h4-16,26,33H,3H2,1-2H3/b23-16-/t26-/m1/s1. The van der Waals surface area contributed by atoms with Crippen molar-refractivity contribution in [1.82, 2.24) is 4.57 Å². The number of rotatable bonds is 6. The van der Waals surface area contributed by atoms with Crippen LogP contribution < -0.4 is 14.9 Å². The van der Waals surface area contributed by atoms with Crippen LogP contribution in [0, 0.1) is 0 Å². The number of halogens is 1. The second-order valence-corrected chi connectivity index (χ2v) is 11.2. The molecule has 3 aromatic carbocycles. The van der Waals surface area contributed by atoms with E-state index in [4.69, 9.17) is 9.73 Å². The molecule has 6 nitrogen and oxygen atoms in total. The fourth-order valence-corrected chi connectivity index (χ4v) is 6.10. The van der Waals surface area contributed by atoms with E-state index in [0.717, 1.165) is 20.5 Å². The number of phenols is 1. The number of carbonyl (C=O) groups is 1. The van der Waals surface area contributed by atoms with E-state index in [1.807, 2.05) is 60.9 Å². The molecule has 4 aromatic rings. The van der Waals surface area contributed by atoms with Gasteiger partial charge in [-0.05, 0) is 55.2 Å². The minimum Gasteiger partial charge on any atom is -0.507 e. The van der Waals surface area contributed by atoms with Crippen molar-refractivity contribution in [3.05, 3.63) is 119 Å². The number of benzene rings is 3. The first-order valence-electron chi connectivity index (χ1n) is 11.8. The van der Waals surface area contributed by atoms with Crippen LogP contribution in [0.25, 0.3) is 11.8 Å². The van der Waals surface area contributed by atoms with Crippen molar-refractivity contribution >= 4 is 56.8 Å². The number of esters is 1. The number of ether oxygens (including phenoxy) is 1. The summed E-state index contributed by atoms with van der Waals surface area (Å²) in [6.45, 7) is 1.94. The summed E-state index contributed by atoms with van der Waals surface area (Å²) >= 11 is 6.25. The second kappa shape index (κ2) is 11.1. The van der Waals surface area contributed by atoms with Gasteiger partial charge in [0.25, 0.3) is 5.56 Å². The summed E-state index contributed by atoms with van der Waals surface area (Å²) in [6.07, 6.45) is 3.64. The summed E-state index contributed by atoms with van der Waals surface area (Å²) in [4.78, 5) is 33.8. The van der Waals surface area contributed by atoms with Crippen molar-refractivity contribution in [2.24, 2.45) is 4.99 Å². The van der Waals surface area contributed by atoms with E-state index in [0.29, 0.717) is 26.2 Å². The average molecular weight is 608 g/mol. The SMILES string of the molecule is CCOC(=O)C1=C(c2ccccc2)N=c2s/c(=C\c3cc(Br)ccc3O)c(=O)n2[C@@H]1c1ccc(SC)cc1. The maximum atomic E-state index is 13.9. The van der Waals surface area contributed by atoms with E-state index >= 15 is 0 Å². The number of fused-ring (bicyclic) bond motifs is 1. The molecule has 9 heteroatoms. The van der Waals surface area contributed by atoms with E-state index in [-0.39, 0.29) is 17.9 Å². The first-order valence-corrected chi connectivity index (χ1v) is 14.7. The third kappa shape index (κ3) is 5.01. The topological polar surface area (TPSA) is 80.9 Å². The Labute approximate surface area is 235 Å². The fourth-order valence-electron chi connectivity index (χ4n) is 4.32. The molecule has 38 heavy (non-hydrogen) atoms. The Morgan fingerprint density at radius 3 is 2.58 bits per heavy atom. The number of thioether (sulfide) groups is 1. The normalized spacial score (nSPS) is 15.2. The highest BCUT2D eigenvalue weighted by molar-refractivity contribution is 9.10. The highest BCUT2D eigenvalue weighted by atomic mass is 79.9. The van der Waals surface area contributed by atoms with Crippen molar-refractivity contribution < 1.29 is 14.6 Å². The third-order valence-corrected chi connectivity index (χ3v) is 8.30.